The summed E-state index contributed by atoms with van der Waals surface area (Å²) >= 11 is 0. The molecule has 1 saturated heterocycles. The summed E-state index contributed by atoms with van der Waals surface area (Å²) < 4.78 is 28.9. The second-order valence-electron chi connectivity index (χ2n) is 5.99. The summed E-state index contributed by atoms with van der Waals surface area (Å²) in [5.41, 5.74) is 0.783. The number of benzene rings is 1. The molecule has 0 unspecified atom stereocenters. The van der Waals surface area contributed by atoms with Gasteiger partial charge in [0.2, 0.25) is 0 Å². The van der Waals surface area contributed by atoms with E-state index in [2.05, 4.69) is 5.32 Å². The second kappa shape index (κ2) is 7.79. The van der Waals surface area contributed by atoms with Gasteiger partial charge in [-0.25, -0.2) is 13.2 Å². The fourth-order valence-corrected chi connectivity index (χ4v) is 3.51. The fraction of sp³-hybridized carbons (Fsp3) is 0.562. The molecule has 1 aliphatic rings. The van der Waals surface area contributed by atoms with E-state index < -0.39 is 15.9 Å². The molecule has 0 spiro atoms. The van der Waals surface area contributed by atoms with Gasteiger partial charge in [0.25, 0.3) is 0 Å². The first-order valence-electron chi connectivity index (χ1n) is 7.75. The maximum absolute atomic E-state index is 12.5. The Labute approximate surface area is 137 Å². The van der Waals surface area contributed by atoms with Crippen LogP contribution in [0.1, 0.15) is 24.9 Å². The summed E-state index contributed by atoms with van der Waals surface area (Å²) in [5, 5.41) is 2.86. The first-order valence-corrected chi connectivity index (χ1v) is 9.81. The highest BCUT2D eigenvalue weighted by Gasteiger charge is 2.24. The predicted octanol–water partition coefficient (Wildman–Crippen LogP) is 1.59. The molecular formula is C16H24N2O4S. The van der Waals surface area contributed by atoms with Crippen LogP contribution in [-0.4, -0.2) is 57.2 Å². The van der Waals surface area contributed by atoms with E-state index >= 15 is 0 Å². The number of hydrogen-bond acceptors (Lipinski definition) is 4. The molecule has 0 radical (unpaired) electrons. The summed E-state index contributed by atoms with van der Waals surface area (Å²) in [6.45, 7) is 3.68. The number of hydrogen-bond donors (Lipinski definition) is 1. The summed E-state index contributed by atoms with van der Waals surface area (Å²) in [6, 6.07) is 8.36. The largest absolute Gasteiger partial charge is 0.377 e. The van der Waals surface area contributed by atoms with Crippen LogP contribution in [0.25, 0.3) is 0 Å². The van der Waals surface area contributed by atoms with Crippen molar-refractivity contribution in [1.82, 2.24) is 10.2 Å². The lowest BCUT2D eigenvalue weighted by atomic mass is 10.1. The van der Waals surface area contributed by atoms with Crippen molar-refractivity contribution < 1.29 is 17.9 Å². The molecule has 1 aromatic carbocycles. The highest BCUT2D eigenvalue weighted by Crippen LogP contribution is 2.16. The van der Waals surface area contributed by atoms with E-state index in [9.17, 15) is 13.2 Å². The molecule has 0 aromatic heterocycles. The van der Waals surface area contributed by atoms with Crippen LogP contribution in [0.3, 0.4) is 0 Å². The summed E-state index contributed by atoms with van der Waals surface area (Å²) in [6.07, 6.45) is 1.94. The molecule has 0 bridgehead atoms. The maximum atomic E-state index is 12.5. The molecule has 6 nitrogen and oxygen atoms in total. The van der Waals surface area contributed by atoms with E-state index in [-0.39, 0.29) is 17.9 Å². The first kappa shape index (κ1) is 17.7. The molecule has 1 heterocycles. The number of sulfone groups is 1. The Morgan fingerprint density at radius 2 is 2.09 bits per heavy atom. The Hall–Kier alpha value is -1.60. The van der Waals surface area contributed by atoms with Crippen LogP contribution in [0.4, 0.5) is 4.79 Å². The number of rotatable bonds is 4. The van der Waals surface area contributed by atoms with Crippen molar-refractivity contribution in [3.63, 3.8) is 0 Å². The number of carbonyl (C=O) groups excluding carboxylic acids is 1. The Morgan fingerprint density at radius 3 is 2.74 bits per heavy atom. The predicted molar refractivity (Wildman–Crippen MR) is 89.0 cm³/mol. The van der Waals surface area contributed by atoms with Crippen molar-refractivity contribution in [3.05, 3.63) is 35.9 Å². The summed E-state index contributed by atoms with van der Waals surface area (Å²) in [5.74, 6) is -0.122. The van der Waals surface area contributed by atoms with Gasteiger partial charge in [-0.3, -0.25) is 0 Å². The molecule has 7 heteroatoms. The van der Waals surface area contributed by atoms with Crippen LogP contribution in [0.5, 0.6) is 0 Å². The molecule has 2 amide bonds. The molecule has 2 atom stereocenters. The molecule has 1 aromatic rings. The minimum absolute atomic E-state index is 0.0201. The van der Waals surface area contributed by atoms with Crippen LogP contribution in [0.2, 0.25) is 0 Å². The van der Waals surface area contributed by atoms with Gasteiger partial charge in [0.05, 0.1) is 17.9 Å². The van der Waals surface area contributed by atoms with Crippen LogP contribution < -0.4 is 5.32 Å². The minimum Gasteiger partial charge on any atom is -0.377 e. The number of amides is 2. The van der Waals surface area contributed by atoms with Gasteiger partial charge in [-0.2, -0.15) is 0 Å². The zero-order valence-corrected chi connectivity index (χ0v) is 14.4. The Bertz CT molecular complexity index is 618. The van der Waals surface area contributed by atoms with Crippen LogP contribution >= 0.6 is 0 Å². The maximum Gasteiger partial charge on any atom is 0.318 e. The van der Waals surface area contributed by atoms with E-state index in [1.807, 2.05) is 37.3 Å². The molecule has 2 rings (SSSR count). The van der Waals surface area contributed by atoms with Gasteiger partial charge in [0, 0.05) is 26.0 Å². The van der Waals surface area contributed by atoms with E-state index in [1.54, 1.807) is 4.90 Å². The monoisotopic (exact) mass is 340 g/mol. The average Bonchev–Trinajstić information content (AvgIpc) is 2.71. The van der Waals surface area contributed by atoms with Gasteiger partial charge in [0.1, 0.15) is 9.84 Å². The van der Waals surface area contributed by atoms with Crippen molar-refractivity contribution in [2.24, 2.45) is 0 Å². The van der Waals surface area contributed by atoms with E-state index in [0.29, 0.717) is 19.7 Å². The highest BCUT2D eigenvalue weighted by atomic mass is 32.2. The third-order valence-electron chi connectivity index (χ3n) is 3.71. The van der Waals surface area contributed by atoms with Crippen molar-refractivity contribution in [1.29, 1.82) is 0 Å². The molecular weight excluding hydrogens is 316 g/mol. The normalized spacial score (nSPS) is 20.6. The topological polar surface area (TPSA) is 75.7 Å². The quantitative estimate of drug-likeness (QED) is 0.903. The SMILES string of the molecule is C[C@@H]1CN(C(=O)N[C@@H](CS(C)(=O)=O)c2ccccc2)CCCO1. The lowest BCUT2D eigenvalue weighted by Crippen LogP contribution is -2.45. The van der Waals surface area contributed by atoms with Gasteiger partial charge in [-0.1, -0.05) is 30.3 Å². The lowest BCUT2D eigenvalue weighted by molar-refractivity contribution is 0.0709. The third-order valence-corrected chi connectivity index (χ3v) is 4.65. The minimum atomic E-state index is -3.22. The Kier molecular flexibility index (Phi) is 6.01. The van der Waals surface area contributed by atoms with E-state index in [1.165, 1.54) is 6.26 Å². The number of carbonyl (C=O) groups is 1. The van der Waals surface area contributed by atoms with Gasteiger partial charge < -0.3 is 15.0 Å². The smallest absolute Gasteiger partial charge is 0.318 e. The average molecular weight is 340 g/mol. The van der Waals surface area contributed by atoms with Gasteiger partial charge in [-0.05, 0) is 18.9 Å². The molecule has 1 aliphatic heterocycles. The van der Waals surface area contributed by atoms with Gasteiger partial charge in [-0.15, -0.1) is 0 Å². The third kappa shape index (κ3) is 5.84. The standard InChI is InChI=1S/C16H24N2O4S/c1-13-11-18(9-6-10-22-13)16(19)17-15(12-23(2,20)21)14-7-4-3-5-8-14/h3-5,7-8,13,15H,6,9-12H2,1-2H3,(H,17,19)/t13-,15+/m1/s1. The molecule has 23 heavy (non-hydrogen) atoms. The van der Waals surface area contributed by atoms with E-state index in [0.717, 1.165) is 12.0 Å². The van der Waals surface area contributed by atoms with Crippen molar-refractivity contribution in [2.75, 3.05) is 31.7 Å². The van der Waals surface area contributed by atoms with E-state index in [4.69, 9.17) is 4.74 Å². The van der Waals surface area contributed by atoms with Gasteiger partial charge in [0.15, 0.2) is 0 Å². The second-order valence-corrected chi connectivity index (χ2v) is 8.17. The summed E-state index contributed by atoms with van der Waals surface area (Å²) in [4.78, 5) is 14.2. The molecule has 0 aliphatic carbocycles. The zero-order chi connectivity index (χ0) is 16.9. The highest BCUT2D eigenvalue weighted by molar-refractivity contribution is 7.90. The number of nitrogens with one attached hydrogen (secondary N) is 1. The zero-order valence-electron chi connectivity index (χ0n) is 13.6. The number of urea groups is 1. The van der Waals surface area contributed by atoms with Crippen molar-refractivity contribution in [2.45, 2.75) is 25.5 Å². The summed E-state index contributed by atoms with van der Waals surface area (Å²) in [7, 11) is -3.22. The van der Waals surface area contributed by atoms with Crippen molar-refractivity contribution in [3.8, 4) is 0 Å². The van der Waals surface area contributed by atoms with Crippen molar-refractivity contribution >= 4 is 15.9 Å². The van der Waals surface area contributed by atoms with Gasteiger partial charge >= 0.3 is 6.03 Å². The fourth-order valence-electron chi connectivity index (χ4n) is 2.63. The Morgan fingerprint density at radius 1 is 1.39 bits per heavy atom. The Balaban J connectivity index is 2.11. The van der Waals surface area contributed by atoms with Crippen LogP contribution in [-0.2, 0) is 14.6 Å². The lowest BCUT2D eigenvalue weighted by Gasteiger charge is -2.26. The molecule has 128 valence electrons. The first-order chi connectivity index (χ1) is 10.8. The van der Waals surface area contributed by atoms with Crippen LogP contribution in [0, 0.1) is 0 Å². The van der Waals surface area contributed by atoms with Crippen LogP contribution in [0.15, 0.2) is 30.3 Å². The molecule has 1 N–H and O–H groups in total. The molecule has 0 saturated carbocycles. The number of nitrogens with zero attached hydrogens (tertiary/aromatic N) is 1. The number of ether oxygens (including phenoxy) is 1. The molecule has 1 fully saturated rings.